The Morgan fingerprint density at radius 3 is 2.67 bits per heavy atom. The van der Waals surface area contributed by atoms with Crippen molar-refractivity contribution in [2.24, 2.45) is 5.41 Å². The summed E-state index contributed by atoms with van der Waals surface area (Å²) >= 11 is 1.62. The summed E-state index contributed by atoms with van der Waals surface area (Å²) in [7, 11) is 0. The second kappa shape index (κ2) is 4.42. The normalized spacial score (nSPS) is 11.4. The molecule has 94 valence electrons. The van der Waals surface area contributed by atoms with Gasteiger partial charge in [0.15, 0.2) is 0 Å². The van der Waals surface area contributed by atoms with E-state index < -0.39 is 17.3 Å². The van der Waals surface area contributed by atoms with Crippen LogP contribution in [0, 0.1) is 5.41 Å². The molecule has 0 unspecified atom stereocenters. The highest BCUT2D eigenvalue weighted by Crippen LogP contribution is 2.25. The molecule has 0 saturated heterocycles. The number of amides is 1. The molecule has 2 aromatic rings. The molecule has 1 aromatic heterocycles. The lowest BCUT2D eigenvalue weighted by Crippen LogP contribution is -2.37. The fourth-order valence-electron chi connectivity index (χ4n) is 1.43. The Kier molecular flexibility index (Phi) is 3.09. The highest BCUT2D eigenvalue weighted by Gasteiger charge is 2.35. The number of carbonyl (C=O) groups excluding carboxylic acids is 1. The van der Waals surface area contributed by atoms with Crippen LogP contribution in [0.1, 0.15) is 13.8 Å². The van der Waals surface area contributed by atoms with E-state index in [1.54, 1.807) is 17.4 Å². The van der Waals surface area contributed by atoms with Gasteiger partial charge in [-0.3, -0.25) is 9.59 Å². The van der Waals surface area contributed by atoms with E-state index in [2.05, 4.69) is 5.32 Å². The number of aliphatic carboxylic acids is 1. The van der Waals surface area contributed by atoms with Crippen molar-refractivity contribution in [3.63, 3.8) is 0 Å². The van der Waals surface area contributed by atoms with Gasteiger partial charge in [-0.2, -0.15) is 0 Å². The maximum absolute atomic E-state index is 11.9. The van der Waals surface area contributed by atoms with Gasteiger partial charge in [-0.15, -0.1) is 11.3 Å². The quantitative estimate of drug-likeness (QED) is 0.837. The van der Waals surface area contributed by atoms with Crippen molar-refractivity contribution in [3.8, 4) is 0 Å². The molecule has 0 saturated carbocycles. The van der Waals surface area contributed by atoms with Crippen molar-refractivity contribution in [1.82, 2.24) is 0 Å². The zero-order valence-electron chi connectivity index (χ0n) is 10.1. The Hall–Kier alpha value is -1.88. The third-order valence-electron chi connectivity index (χ3n) is 2.81. The summed E-state index contributed by atoms with van der Waals surface area (Å²) < 4.78 is 1.13. The maximum atomic E-state index is 11.9. The van der Waals surface area contributed by atoms with Crippen molar-refractivity contribution in [2.75, 3.05) is 5.32 Å². The van der Waals surface area contributed by atoms with Gasteiger partial charge in [0.2, 0.25) is 5.91 Å². The molecule has 18 heavy (non-hydrogen) atoms. The van der Waals surface area contributed by atoms with E-state index in [4.69, 9.17) is 5.11 Å². The summed E-state index contributed by atoms with van der Waals surface area (Å²) in [6.07, 6.45) is 0. The van der Waals surface area contributed by atoms with Crippen LogP contribution in [0.4, 0.5) is 5.69 Å². The second-order valence-corrected chi connectivity index (χ2v) is 5.51. The molecular formula is C13H13NO3S. The zero-order valence-corrected chi connectivity index (χ0v) is 10.9. The third kappa shape index (κ3) is 2.22. The average molecular weight is 263 g/mol. The number of hydrogen-bond acceptors (Lipinski definition) is 3. The Balaban J connectivity index is 2.23. The minimum absolute atomic E-state index is 0.524. The van der Waals surface area contributed by atoms with Crippen molar-refractivity contribution in [3.05, 3.63) is 29.6 Å². The predicted octanol–water partition coefficient (Wildman–Crippen LogP) is 2.95. The van der Waals surface area contributed by atoms with E-state index in [0.29, 0.717) is 5.69 Å². The Labute approximate surface area is 108 Å². The van der Waals surface area contributed by atoms with E-state index >= 15 is 0 Å². The largest absolute Gasteiger partial charge is 0.480 e. The number of fused-ring (bicyclic) bond motifs is 1. The molecule has 0 atom stereocenters. The molecule has 5 heteroatoms. The summed E-state index contributed by atoms with van der Waals surface area (Å²) in [6, 6.07) is 7.47. The number of thiophene rings is 1. The summed E-state index contributed by atoms with van der Waals surface area (Å²) in [5.74, 6) is -1.67. The van der Waals surface area contributed by atoms with E-state index in [0.717, 1.165) is 10.1 Å². The first-order chi connectivity index (χ1) is 8.41. The summed E-state index contributed by atoms with van der Waals surface area (Å²) in [6.45, 7) is 2.77. The molecule has 1 heterocycles. The second-order valence-electron chi connectivity index (χ2n) is 4.56. The number of benzene rings is 1. The first kappa shape index (κ1) is 12.6. The number of rotatable bonds is 3. The van der Waals surface area contributed by atoms with Gasteiger partial charge < -0.3 is 10.4 Å². The van der Waals surface area contributed by atoms with Crippen LogP contribution >= 0.6 is 11.3 Å². The van der Waals surface area contributed by atoms with Gasteiger partial charge in [0.05, 0.1) is 0 Å². The standard InChI is InChI=1S/C13H13NO3S/c1-13(2,12(16)17)11(15)14-9-3-4-10-8(7-9)5-6-18-10/h3-7H,1-2H3,(H,14,15)(H,16,17). The van der Waals surface area contributed by atoms with Gasteiger partial charge in [0.25, 0.3) is 0 Å². The molecule has 4 nitrogen and oxygen atoms in total. The molecule has 0 aliphatic carbocycles. The Morgan fingerprint density at radius 1 is 1.28 bits per heavy atom. The highest BCUT2D eigenvalue weighted by atomic mass is 32.1. The van der Waals surface area contributed by atoms with Crippen molar-refractivity contribution < 1.29 is 14.7 Å². The van der Waals surface area contributed by atoms with Crippen LogP contribution in [-0.4, -0.2) is 17.0 Å². The molecule has 0 fully saturated rings. The summed E-state index contributed by atoms with van der Waals surface area (Å²) in [5, 5.41) is 14.6. The SMILES string of the molecule is CC(C)(C(=O)O)C(=O)Nc1ccc2sccc2c1. The fourth-order valence-corrected chi connectivity index (χ4v) is 2.20. The average Bonchev–Trinajstić information content (AvgIpc) is 2.75. The van der Waals surface area contributed by atoms with Gasteiger partial charge in [0, 0.05) is 10.4 Å². The molecule has 0 aliphatic rings. The zero-order chi connectivity index (χ0) is 13.3. The number of hydrogen-bond donors (Lipinski definition) is 2. The predicted molar refractivity (Wildman–Crippen MR) is 71.9 cm³/mol. The molecule has 1 amide bonds. The van der Waals surface area contributed by atoms with E-state index in [1.165, 1.54) is 13.8 Å². The van der Waals surface area contributed by atoms with Crippen LogP contribution in [0.15, 0.2) is 29.6 Å². The topological polar surface area (TPSA) is 66.4 Å². The number of anilines is 1. The number of carboxylic acids is 1. The van der Waals surface area contributed by atoms with Gasteiger partial charge >= 0.3 is 5.97 Å². The van der Waals surface area contributed by atoms with E-state index in [1.807, 2.05) is 23.6 Å². The van der Waals surface area contributed by atoms with Gasteiger partial charge in [-0.1, -0.05) is 0 Å². The molecular weight excluding hydrogens is 250 g/mol. The Morgan fingerprint density at radius 2 is 2.00 bits per heavy atom. The van der Waals surface area contributed by atoms with Gasteiger partial charge in [-0.25, -0.2) is 0 Å². The van der Waals surface area contributed by atoms with Crippen molar-refractivity contribution in [1.29, 1.82) is 0 Å². The Bertz CT molecular complexity index is 615. The minimum atomic E-state index is -1.44. The van der Waals surface area contributed by atoms with Crippen LogP contribution in [0.5, 0.6) is 0 Å². The highest BCUT2D eigenvalue weighted by molar-refractivity contribution is 7.17. The number of carbonyl (C=O) groups is 2. The number of carboxylic acid groups (broad SMARTS) is 1. The molecule has 2 rings (SSSR count). The lowest BCUT2D eigenvalue weighted by molar-refractivity contribution is -0.151. The monoisotopic (exact) mass is 263 g/mol. The van der Waals surface area contributed by atoms with Crippen LogP contribution in [-0.2, 0) is 9.59 Å². The fraction of sp³-hybridized carbons (Fsp3) is 0.231. The summed E-state index contributed by atoms with van der Waals surface area (Å²) in [5.41, 5.74) is -0.830. The van der Waals surface area contributed by atoms with Crippen LogP contribution in [0.2, 0.25) is 0 Å². The van der Waals surface area contributed by atoms with E-state index in [9.17, 15) is 9.59 Å². The lowest BCUT2D eigenvalue weighted by atomic mass is 9.92. The smallest absolute Gasteiger partial charge is 0.318 e. The first-order valence-corrected chi connectivity index (χ1v) is 6.31. The van der Waals surface area contributed by atoms with Gasteiger partial charge in [-0.05, 0) is 48.9 Å². The molecule has 2 N–H and O–H groups in total. The third-order valence-corrected chi connectivity index (χ3v) is 3.71. The van der Waals surface area contributed by atoms with Crippen molar-refractivity contribution in [2.45, 2.75) is 13.8 Å². The van der Waals surface area contributed by atoms with Crippen LogP contribution in [0.3, 0.4) is 0 Å². The van der Waals surface area contributed by atoms with E-state index in [-0.39, 0.29) is 0 Å². The molecule has 0 spiro atoms. The molecule has 1 aromatic carbocycles. The lowest BCUT2D eigenvalue weighted by Gasteiger charge is -2.18. The van der Waals surface area contributed by atoms with Crippen LogP contribution in [0.25, 0.3) is 10.1 Å². The minimum Gasteiger partial charge on any atom is -0.480 e. The number of nitrogens with one attached hydrogen (secondary N) is 1. The maximum Gasteiger partial charge on any atom is 0.318 e. The molecule has 0 aliphatic heterocycles. The molecule has 0 radical (unpaired) electrons. The molecule has 0 bridgehead atoms. The van der Waals surface area contributed by atoms with Crippen LogP contribution < -0.4 is 5.32 Å². The van der Waals surface area contributed by atoms with Gasteiger partial charge in [0.1, 0.15) is 5.41 Å². The first-order valence-electron chi connectivity index (χ1n) is 5.43. The summed E-state index contributed by atoms with van der Waals surface area (Å²) in [4.78, 5) is 22.8. The van der Waals surface area contributed by atoms with Crippen molar-refractivity contribution >= 4 is 39.0 Å².